The van der Waals surface area contributed by atoms with Crippen molar-refractivity contribution in [2.24, 2.45) is 5.73 Å². The summed E-state index contributed by atoms with van der Waals surface area (Å²) in [4.78, 5) is 2.86. The van der Waals surface area contributed by atoms with Crippen LogP contribution >= 0.6 is 12.2 Å². The summed E-state index contributed by atoms with van der Waals surface area (Å²) in [5.41, 5.74) is 6.59. The molecule has 3 N–H and O–H groups in total. The summed E-state index contributed by atoms with van der Waals surface area (Å²) >= 11 is 4.86. The van der Waals surface area contributed by atoms with Gasteiger partial charge in [0, 0.05) is 12.2 Å². The fraction of sp³-hybridized carbons (Fsp3) is 0.250. The smallest absolute Gasteiger partial charge is 0.103 e. The Balaban J connectivity index is 2.83. The van der Waals surface area contributed by atoms with E-state index in [9.17, 15) is 0 Å². The van der Waals surface area contributed by atoms with E-state index in [2.05, 4.69) is 4.98 Å². The van der Waals surface area contributed by atoms with Crippen LogP contribution in [0.5, 0.6) is 0 Å². The van der Waals surface area contributed by atoms with Crippen LogP contribution in [0, 0.1) is 16.0 Å². The van der Waals surface area contributed by atoms with Crippen LogP contribution in [0.2, 0.25) is 0 Å². The zero-order chi connectivity index (χ0) is 8.97. The lowest BCUT2D eigenvalue weighted by molar-refractivity contribution is 0.743. The van der Waals surface area contributed by atoms with Crippen molar-refractivity contribution in [2.75, 3.05) is 0 Å². The number of aromatic nitrogens is 1. The third-order valence-corrected chi connectivity index (χ3v) is 1.80. The molecule has 62 valence electrons. The van der Waals surface area contributed by atoms with Crippen molar-refractivity contribution in [3.8, 4) is 6.07 Å². The summed E-state index contributed by atoms with van der Waals surface area (Å²) in [6.07, 6.45) is 2.06. The molecule has 0 spiro atoms. The number of hydrogen-bond acceptors (Lipinski definition) is 3. The normalized spacial score (nSPS) is 12.0. The number of nitrogens with zero attached hydrogens (tertiary/aromatic N) is 1. The molecule has 12 heavy (non-hydrogen) atoms. The van der Waals surface area contributed by atoms with E-state index >= 15 is 0 Å². The monoisotopic (exact) mass is 179 g/mol. The van der Waals surface area contributed by atoms with Gasteiger partial charge in [-0.3, -0.25) is 0 Å². The highest BCUT2D eigenvalue weighted by Crippen LogP contribution is 2.10. The maximum absolute atomic E-state index is 8.39. The summed E-state index contributed by atoms with van der Waals surface area (Å²) in [6, 6.07) is 5.40. The Kier molecular flexibility index (Phi) is 2.97. The summed E-state index contributed by atoms with van der Waals surface area (Å²) in [5.74, 6) is 0. The van der Waals surface area contributed by atoms with Crippen LogP contribution in [0.1, 0.15) is 18.0 Å². The van der Waals surface area contributed by atoms with Crippen LogP contribution in [0.15, 0.2) is 18.3 Å². The Morgan fingerprint density at radius 3 is 2.92 bits per heavy atom. The first-order valence-corrected chi connectivity index (χ1v) is 3.96. The topological polar surface area (TPSA) is 65.6 Å². The molecule has 0 amide bonds. The zero-order valence-corrected chi connectivity index (χ0v) is 7.27. The molecule has 1 aromatic rings. The maximum Gasteiger partial charge on any atom is 0.103 e. The molecule has 0 unspecified atom stereocenters. The van der Waals surface area contributed by atoms with Crippen molar-refractivity contribution in [1.29, 1.82) is 5.26 Å². The summed E-state index contributed by atoms with van der Waals surface area (Å²) < 4.78 is 0.669. The number of nitrogens with two attached hydrogens (primary N) is 1. The van der Waals surface area contributed by atoms with Gasteiger partial charge in [0.15, 0.2) is 0 Å². The fourth-order valence-corrected chi connectivity index (χ4v) is 0.996. The third kappa shape index (κ3) is 2.16. The van der Waals surface area contributed by atoms with Gasteiger partial charge in [-0.05, 0) is 11.6 Å². The molecule has 0 radical (unpaired) electrons. The van der Waals surface area contributed by atoms with Gasteiger partial charge in [-0.15, -0.1) is 0 Å². The van der Waals surface area contributed by atoms with Gasteiger partial charge in [-0.1, -0.05) is 18.3 Å². The molecule has 0 fully saturated rings. The Hall–Kier alpha value is -1.18. The Morgan fingerprint density at radius 1 is 1.67 bits per heavy atom. The van der Waals surface area contributed by atoms with E-state index in [0.29, 0.717) is 11.1 Å². The van der Waals surface area contributed by atoms with Crippen LogP contribution in [0.3, 0.4) is 0 Å². The van der Waals surface area contributed by atoms with Gasteiger partial charge in [-0.25, -0.2) is 0 Å². The molecule has 0 saturated heterocycles. The minimum Gasteiger partial charge on any atom is -0.353 e. The first-order valence-electron chi connectivity index (χ1n) is 3.55. The van der Waals surface area contributed by atoms with Gasteiger partial charge in [0.25, 0.3) is 0 Å². The second kappa shape index (κ2) is 4.00. The molecule has 0 aliphatic rings. The van der Waals surface area contributed by atoms with E-state index < -0.39 is 0 Å². The van der Waals surface area contributed by atoms with E-state index in [1.807, 2.05) is 12.1 Å². The number of nitriles is 1. The molecule has 0 aliphatic carbocycles. The standard InChI is InChI=1S/C8H9N3S/c9-4-3-7(10)6-1-2-8(12)11-5-6/h1-2,5,7H,3,10H2,(H,11,12)/t7-/m0/s1. The highest BCUT2D eigenvalue weighted by Gasteiger charge is 2.03. The van der Waals surface area contributed by atoms with E-state index in [1.54, 1.807) is 12.3 Å². The lowest BCUT2D eigenvalue weighted by Crippen LogP contribution is -2.09. The quantitative estimate of drug-likeness (QED) is 0.678. The summed E-state index contributed by atoms with van der Waals surface area (Å²) in [7, 11) is 0. The Morgan fingerprint density at radius 2 is 2.42 bits per heavy atom. The first kappa shape index (κ1) is 8.91. The number of aromatic amines is 1. The van der Waals surface area contributed by atoms with Gasteiger partial charge in [0.2, 0.25) is 0 Å². The van der Waals surface area contributed by atoms with Crippen molar-refractivity contribution in [2.45, 2.75) is 12.5 Å². The molecule has 1 rings (SSSR count). The van der Waals surface area contributed by atoms with Crippen LogP contribution in [-0.2, 0) is 0 Å². The lowest BCUT2D eigenvalue weighted by atomic mass is 10.1. The molecule has 0 saturated carbocycles. The number of H-pyrrole nitrogens is 1. The zero-order valence-electron chi connectivity index (χ0n) is 6.45. The van der Waals surface area contributed by atoms with Gasteiger partial charge >= 0.3 is 0 Å². The van der Waals surface area contributed by atoms with Crippen molar-refractivity contribution >= 4 is 12.2 Å². The maximum atomic E-state index is 8.39. The summed E-state index contributed by atoms with van der Waals surface area (Å²) in [5, 5.41) is 8.39. The number of nitrogens with one attached hydrogen (secondary N) is 1. The number of pyridine rings is 1. The first-order chi connectivity index (χ1) is 5.74. The molecule has 1 atom stereocenters. The molecule has 1 aromatic heterocycles. The van der Waals surface area contributed by atoms with Crippen molar-refractivity contribution in [1.82, 2.24) is 4.98 Å². The van der Waals surface area contributed by atoms with Crippen LogP contribution in [0.4, 0.5) is 0 Å². The van der Waals surface area contributed by atoms with Crippen LogP contribution in [0.25, 0.3) is 0 Å². The van der Waals surface area contributed by atoms with Crippen molar-refractivity contribution in [3.05, 3.63) is 28.5 Å². The third-order valence-electron chi connectivity index (χ3n) is 1.55. The molecule has 0 bridgehead atoms. The van der Waals surface area contributed by atoms with Crippen molar-refractivity contribution in [3.63, 3.8) is 0 Å². The number of hydrogen-bond donors (Lipinski definition) is 2. The van der Waals surface area contributed by atoms with E-state index in [-0.39, 0.29) is 6.04 Å². The van der Waals surface area contributed by atoms with Gasteiger partial charge < -0.3 is 10.7 Å². The fourth-order valence-electron chi connectivity index (χ4n) is 0.869. The molecular weight excluding hydrogens is 170 g/mol. The Labute approximate surface area is 75.8 Å². The van der Waals surface area contributed by atoms with E-state index in [0.717, 1.165) is 5.56 Å². The minimum absolute atomic E-state index is 0.221. The van der Waals surface area contributed by atoms with Crippen LogP contribution < -0.4 is 5.73 Å². The molecule has 4 heteroatoms. The molecule has 0 aliphatic heterocycles. The van der Waals surface area contributed by atoms with E-state index in [4.69, 9.17) is 23.2 Å². The Bertz CT molecular complexity index is 330. The average Bonchev–Trinajstić information content (AvgIpc) is 2.06. The van der Waals surface area contributed by atoms with E-state index in [1.165, 1.54) is 0 Å². The second-order valence-electron chi connectivity index (χ2n) is 2.45. The van der Waals surface area contributed by atoms with Crippen LogP contribution in [-0.4, -0.2) is 4.98 Å². The lowest BCUT2D eigenvalue weighted by Gasteiger charge is -2.05. The minimum atomic E-state index is -0.221. The highest BCUT2D eigenvalue weighted by molar-refractivity contribution is 7.71. The molecule has 0 aromatic carbocycles. The molecule has 1 heterocycles. The van der Waals surface area contributed by atoms with Gasteiger partial charge in [-0.2, -0.15) is 5.26 Å². The average molecular weight is 179 g/mol. The predicted molar refractivity (Wildman–Crippen MR) is 48.8 cm³/mol. The number of rotatable bonds is 2. The SMILES string of the molecule is N#CC[C@H](N)c1ccc(=S)[nH]c1. The second-order valence-corrected chi connectivity index (χ2v) is 2.89. The predicted octanol–water partition coefficient (Wildman–Crippen LogP) is 1.66. The van der Waals surface area contributed by atoms with Crippen molar-refractivity contribution < 1.29 is 0 Å². The van der Waals surface area contributed by atoms with Gasteiger partial charge in [0.05, 0.1) is 12.5 Å². The molecular formula is C8H9N3S. The van der Waals surface area contributed by atoms with Gasteiger partial charge in [0.1, 0.15) is 4.64 Å². The molecule has 3 nitrogen and oxygen atoms in total. The summed E-state index contributed by atoms with van der Waals surface area (Å²) in [6.45, 7) is 0. The largest absolute Gasteiger partial charge is 0.353 e. The highest BCUT2D eigenvalue weighted by atomic mass is 32.1.